The molecule has 0 aliphatic rings. The number of hydrogen-bond donors (Lipinski definition) is 0. The summed E-state index contributed by atoms with van der Waals surface area (Å²) in [6, 6.07) is 21.6. The Kier molecular flexibility index (Phi) is 6.12. The highest BCUT2D eigenvalue weighted by molar-refractivity contribution is 6.31. The highest BCUT2D eigenvalue weighted by atomic mass is 35.5. The zero-order chi connectivity index (χ0) is 20.1. The molecule has 0 N–H and O–H groups in total. The molecule has 0 saturated heterocycles. The summed E-state index contributed by atoms with van der Waals surface area (Å²) in [6.07, 6.45) is -0.449. The second kappa shape index (κ2) is 8.72. The first kappa shape index (κ1) is 19.6. The smallest absolute Gasteiger partial charge is 0.338 e. The Bertz CT molecular complexity index is 978. The van der Waals surface area contributed by atoms with Crippen molar-refractivity contribution in [1.29, 1.82) is 0 Å². The normalized spacial score (nSPS) is 11.5. The highest BCUT2D eigenvalue weighted by Crippen LogP contribution is 2.27. The fourth-order valence-electron chi connectivity index (χ4n) is 2.78. The molecule has 0 heterocycles. The molecule has 0 spiro atoms. The van der Waals surface area contributed by atoms with Gasteiger partial charge >= 0.3 is 11.9 Å². The predicted octanol–water partition coefficient (Wildman–Crippen LogP) is 5.85. The van der Waals surface area contributed by atoms with Crippen molar-refractivity contribution in [3.05, 3.63) is 88.9 Å². The Balaban J connectivity index is 1.69. The molecule has 0 fully saturated rings. The predicted molar refractivity (Wildman–Crippen MR) is 108 cm³/mol. The van der Waals surface area contributed by atoms with Gasteiger partial charge < -0.3 is 9.47 Å². The van der Waals surface area contributed by atoms with Crippen molar-refractivity contribution in [1.82, 2.24) is 0 Å². The maximum absolute atomic E-state index is 12.4. The summed E-state index contributed by atoms with van der Waals surface area (Å²) in [4.78, 5) is 23.4. The van der Waals surface area contributed by atoms with Crippen LogP contribution in [-0.4, -0.2) is 11.9 Å². The molecule has 3 aromatic rings. The van der Waals surface area contributed by atoms with Crippen molar-refractivity contribution in [3.63, 3.8) is 0 Å². The van der Waals surface area contributed by atoms with E-state index in [2.05, 4.69) is 0 Å². The molecule has 4 nitrogen and oxygen atoms in total. The minimum Gasteiger partial charge on any atom is -0.454 e. The van der Waals surface area contributed by atoms with Gasteiger partial charge in [-0.3, -0.25) is 4.79 Å². The Morgan fingerprint density at radius 3 is 2.00 bits per heavy atom. The van der Waals surface area contributed by atoms with Crippen LogP contribution in [-0.2, 0) is 9.53 Å². The molecular formula is C23H19ClO4. The average molecular weight is 395 g/mol. The molecule has 0 aliphatic carbocycles. The van der Waals surface area contributed by atoms with E-state index in [0.29, 0.717) is 16.3 Å². The van der Waals surface area contributed by atoms with E-state index in [1.54, 1.807) is 37.3 Å². The van der Waals surface area contributed by atoms with Gasteiger partial charge in [0.05, 0.1) is 5.56 Å². The van der Waals surface area contributed by atoms with Crippen molar-refractivity contribution in [3.8, 4) is 16.9 Å². The third-order valence-corrected chi connectivity index (χ3v) is 4.54. The molecule has 0 aromatic heterocycles. The molecule has 0 amide bonds. The molecule has 0 aliphatic heterocycles. The summed E-state index contributed by atoms with van der Waals surface area (Å²) in [5.41, 5.74) is 3.10. The molecule has 28 heavy (non-hydrogen) atoms. The SMILES string of the molecule is CC(=O)Oc1ccc(-c2ccc(C(=O)O[C@H](C)c3ccccc3Cl)cc2)cc1. The zero-order valence-electron chi connectivity index (χ0n) is 15.5. The summed E-state index contributed by atoms with van der Waals surface area (Å²) in [5, 5.41) is 0.565. The number of carbonyl (C=O) groups excluding carboxylic acids is 2. The highest BCUT2D eigenvalue weighted by Gasteiger charge is 2.16. The Morgan fingerprint density at radius 1 is 0.857 bits per heavy atom. The standard InChI is InChI=1S/C23H19ClO4/c1-15(21-5-3-4-6-22(21)24)27-23(26)19-9-7-17(8-10-19)18-11-13-20(14-12-18)28-16(2)25/h3-15H,1-2H3/t15-/m1/s1. The first-order valence-electron chi connectivity index (χ1n) is 8.78. The van der Waals surface area contributed by atoms with Crippen LogP contribution in [0.2, 0.25) is 5.02 Å². The van der Waals surface area contributed by atoms with Crippen LogP contribution >= 0.6 is 11.6 Å². The van der Waals surface area contributed by atoms with Crippen LogP contribution in [0.1, 0.15) is 35.9 Å². The van der Waals surface area contributed by atoms with Gasteiger partial charge in [-0.25, -0.2) is 4.79 Å². The lowest BCUT2D eigenvalue weighted by atomic mass is 10.0. The number of halogens is 1. The summed E-state index contributed by atoms with van der Waals surface area (Å²) in [7, 11) is 0. The summed E-state index contributed by atoms with van der Waals surface area (Å²) in [6.45, 7) is 3.15. The third-order valence-electron chi connectivity index (χ3n) is 4.20. The van der Waals surface area contributed by atoms with Gasteiger partial charge in [0, 0.05) is 17.5 Å². The molecule has 5 heteroatoms. The fraction of sp³-hybridized carbons (Fsp3) is 0.130. The number of benzene rings is 3. The monoisotopic (exact) mass is 394 g/mol. The van der Waals surface area contributed by atoms with Crippen molar-refractivity contribution in [2.45, 2.75) is 20.0 Å². The van der Waals surface area contributed by atoms with E-state index in [1.807, 2.05) is 42.5 Å². The van der Waals surface area contributed by atoms with Crippen molar-refractivity contribution < 1.29 is 19.1 Å². The molecular weight excluding hydrogens is 376 g/mol. The van der Waals surface area contributed by atoms with Crippen LogP contribution in [0, 0.1) is 0 Å². The number of rotatable bonds is 5. The van der Waals surface area contributed by atoms with Crippen molar-refractivity contribution in [2.24, 2.45) is 0 Å². The average Bonchev–Trinajstić information content (AvgIpc) is 2.68. The molecule has 142 valence electrons. The molecule has 0 radical (unpaired) electrons. The van der Waals surface area contributed by atoms with Crippen LogP contribution < -0.4 is 4.74 Å². The van der Waals surface area contributed by atoms with E-state index in [-0.39, 0.29) is 5.97 Å². The molecule has 0 saturated carbocycles. The molecule has 3 aromatic carbocycles. The van der Waals surface area contributed by atoms with Crippen molar-refractivity contribution in [2.75, 3.05) is 0 Å². The quantitative estimate of drug-likeness (QED) is 0.402. The van der Waals surface area contributed by atoms with E-state index < -0.39 is 12.1 Å². The van der Waals surface area contributed by atoms with E-state index in [1.165, 1.54) is 6.92 Å². The first-order chi connectivity index (χ1) is 13.4. The Morgan fingerprint density at radius 2 is 1.43 bits per heavy atom. The maximum atomic E-state index is 12.4. The number of hydrogen-bond acceptors (Lipinski definition) is 4. The second-order valence-corrected chi connectivity index (χ2v) is 6.67. The molecule has 3 rings (SSSR count). The van der Waals surface area contributed by atoms with E-state index >= 15 is 0 Å². The van der Waals surface area contributed by atoms with Gasteiger partial charge in [-0.2, -0.15) is 0 Å². The Labute approximate surface area is 168 Å². The molecule has 0 bridgehead atoms. The summed E-state index contributed by atoms with van der Waals surface area (Å²) in [5.74, 6) is -0.282. The lowest BCUT2D eigenvalue weighted by molar-refractivity contribution is -0.131. The van der Waals surface area contributed by atoms with Crippen molar-refractivity contribution >= 4 is 23.5 Å². The van der Waals surface area contributed by atoms with E-state index in [4.69, 9.17) is 21.1 Å². The number of carbonyl (C=O) groups is 2. The summed E-state index contributed by atoms with van der Waals surface area (Å²) < 4.78 is 10.6. The molecule has 1 atom stereocenters. The van der Waals surface area contributed by atoms with Gasteiger partial charge in [-0.15, -0.1) is 0 Å². The van der Waals surface area contributed by atoms with E-state index in [9.17, 15) is 9.59 Å². The summed E-state index contributed by atoms with van der Waals surface area (Å²) >= 11 is 6.16. The minimum absolute atomic E-state index is 0.360. The van der Waals surface area contributed by atoms with Gasteiger partial charge in [0.1, 0.15) is 11.9 Å². The second-order valence-electron chi connectivity index (χ2n) is 6.26. The topological polar surface area (TPSA) is 52.6 Å². The number of esters is 2. The lowest BCUT2D eigenvalue weighted by Crippen LogP contribution is -2.09. The maximum Gasteiger partial charge on any atom is 0.338 e. The van der Waals surface area contributed by atoms with E-state index in [0.717, 1.165) is 16.7 Å². The van der Waals surface area contributed by atoms with Gasteiger partial charge in [-0.05, 0) is 48.4 Å². The van der Waals surface area contributed by atoms with Gasteiger partial charge in [0.2, 0.25) is 0 Å². The third kappa shape index (κ3) is 4.78. The minimum atomic E-state index is -0.449. The van der Waals surface area contributed by atoms with Crippen LogP contribution in [0.5, 0.6) is 5.75 Å². The zero-order valence-corrected chi connectivity index (χ0v) is 16.3. The van der Waals surface area contributed by atoms with Gasteiger partial charge in [-0.1, -0.05) is 54.1 Å². The van der Waals surface area contributed by atoms with Crippen LogP contribution in [0.15, 0.2) is 72.8 Å². The lowest BCUT2D eigenvalue weighted by Gasteiger charge is -2.15. The van der Waals surface area contributed by atoms with Crippen LogP contribution in [0.25, 0.3) is 11.1 Å². The molecule has 0 unspecified atom stereocenters. The van der Waals surface area contributed by atoms with Crippen LogP contribution in [0.3, 0.4) is 0 Å². The Hall–Kier alpha value is -3.11. The van der Waals surface area contributed by atoms with Crippen LogP contribution in [0.4, 0.5) is 0 Å². The van der Waals surface area contributed by atoms with Gasteiger partial charge in [0.15, 0.2) is 0 Å². The first-order valence-corrected chi connectivity index (χ1v) is 9.16. The largest absolute Gasteiger partial charge is 0.454 e. The van der Waals surface area contributed by atoms with Gasteiger partial charge in [0.25, 0.3) is 0 Å². The number of ether oxygens (including phenoxy) is 2. The fourth-order valence-corrected chi connectivity index (χ4v) is 3.07.